The highest BCUT2D eigenvalue weighted by Gasteiger charge is 2.09. The molecule has 1 aromatic rings. The maximum atomic E-state index is 10.5. The maximum Gasteiger partial charge on any atom is 0.294 e. The number of aryl methyl sites for hydroxylation is 1. The topological polar surface area (TPSA) is 91.5 Å². The molecule has 98 valence electrons. The van der Waals surface area contributed by atoms with Crippen LogP contribution in [-0.4, -0.2) is 19.2 Å². The van der Waals surface area contributed by atoms with E-state index in [9.17, 15) is 8.42 Å². The molecule has 7 heteroatoms. The fourth-order valence-corrected chi connectivity index (χ4v) is 1.86. The Hall–Kier alpha value is -2.12. The van der Waals surface area contributed by atoms with E-state index in [4.69, 9.17) is 4.55 Å². The van der Waals surface area contributed by atoms with Gasteiger partial charge in [-0.3, -0.25) is 9.55 Å². The number of benzene rings is 1. The Morgan fingerprint density at radius 2 is 1.79 bits per heavy atom. The number of aliphatic imine (C=N–C) groups is 1. The minimum absolute atomic E-state index is 0.0666. The number of rotatable bonds is 1. The van der Waals surface area contributed by atoms with Crippen LogP contribution in [0, 0.1) is 6.92 Å². The molecule has 2 aliphatic rings. The second-order valence-electron chi connectivity index (χ2n) is 3.88. The summed E-state index contributed by atoms with van der Waals surface area (Å²) in [5.74, 6) is 0. The van der Waals surface area contributed by atoms with E-state index in [0.717, 1.165) is 16.8 Å². The van der Waals surface area contributed by atoms with Gasteiger partial charge in [-0.2, -0.15) is 13.5 Å². The van der Waals surface area contributed by atoms with Gasteiger partial charge in [-0.1, -0.05) is 17.7 Å². The Balaban J connectivity index is 0.000000146. The lowest BCUT2D eigenvalue weighted by atomic mass is 10.2. The van der Waals surface area contributed by atoms with Crippen LogP contribution in [0.5, 0.6) is 0 Å². The second-order valence-corrected chi connectivity index (χ2v) is 5.30. The zero-order valence-corrected chi connectivity index (χ0v) is 10.9. The molecule has 3 rings (SSSR count). The zero-order valence-electron chi connectivity index (χ0n) is 10.1. The Morgan fingerprint density at radius 3 is 2.37 bits per heavy atom. The highest BCUT2D eigenvalue weighted by Crippen LogP contribution is 2.20. The van der Waals surface area contributed by atoms with E-state index in [1.54, 1.807) is 30.7 Å². The summed E-state index contributed by atoms with van der Waals surface area (Å²) < 4.78 is 29.6. The van der Waals surface area contributed by atoms with Crippen LogP contribution in [0.2, 0.25) is 0 Å². The molecule has 0 amide bonds. The molecule has 0 atom stereocenters. The van der Waals surface area contributed by atoms with E-state index in [0.29, 0.717) is 0 Å². The molecule has 2 heterocycles. The SMILES string of the molecule is C1=NC=C2N=NC=C12.Cc1ccc(S(=O)(=O)O)cc1. The lowest BCUT2D eigenvalue weighted by molar-refractivity contribution is 0.483. The van der Waals surface area contributed by atoms with Gasteiger partial charge in [-0.15, -0.1) is 5.11 Å². The standard InChI is InChI=1S/C7H8O3S.C5H3N3/c1-6-2-4-7(5-3-6)11(8,9)10;1-4-2-7-8-5(4)3-6-1/h2-5H,1H3,(H,8,9,10);1-3H. The van der Waals surface area contributed by atoms with Crippen LogP contribution >= 0.6 is 0 Å². The van der Waals surface area contributed by atoms with Crippen molar-refractivity contribution in [2.24, 2.45) is 15.2 Å². The minimum Gasteiger partial charge on any atom is -0.282 e. The van der Waals surface area contributed by atoms with Crippen molar-refractivity contribution in [3.05, 3.63) is 53.5 Å². The molecule has 1 N–H and O–H groups in total. The van der Waals surface area contributed by atoms with E-state index in [1.165, 1.54) is 12.1 Å². The van der Waals surface area contributed by atoms with Gasteiger partial charge in [-0.05, 0) is 19.1 Å². The fourth-order valence-electron chi connectivity index (χ4n) is 1.38. The van der Waals surface area contributed by atoms with E-state index in [2.05, 4.69) is 15.2 Å². The highest BCUT2D eigenvalue weighted by molar-refractivity contribution is 7.85. The van der Waals surface area contributed by atoms with Crippen molar-refractivity contribution in [1.82, 2.24) is 0 Å². The third kappa shape index (κ3) is 3.43. The number of nitrogens with zero attached hydrogens (tertiary/aromatic N) is 3. The van der Waals surface area contributed by atoms with Crippen molar-refractivity contribution >= 4 is 16.3 Å². The minimum atomic E-state index is -4.02. The van der Waals surface area contributed by atoms with Crippen molar-refractivity contribution in [3.8, 4) is 0 Å². The molecule has 0 fully saturated rings. The number of hydrogen-bond acceptors (Lipinski definition) is 5. The molecule has 2 aliphatic heterocycles. The van der Waals surface area contributed by atoms with Gasteiger partial charge in [0.1, 0.15) is 5.70 Å². The van der Waals surface area contributed by atoms with Gasteiger partial charge in [0.2, 0.25) is 0 Å². The van der Waals surface area contributed by atoms with Gasteiger partial charge in [0.05, 0.1) is 17.3 Å². The second kappa shape index (κ2) is 5.25. The smallest absolute Gasteiger partial charge is 0.282 e. The van der Waals surface area contributed by atoms with Gasteiger partial charge in [-0.25, -0.2) is 0 Å². The summed E-state index contributed by atoms with van der Waals surface area (Å²) in [6, 6.07) is 5.99. The Labute approximate surface area is 110 Å². The first-order chi connectivity index (χ1) is 8.97. The van der Waals surface area contributed by atoms with Crippen LogP contribution in [0.15, 0.2) is 68.1 Å². The third-order valence-corrected chi connectivity index (χ3v) is 3.26. The van der Waals surface area contributed by atoms with Crippen LogP contribution in [0.4, 0.5) is 0 Å². The summed E-state index contributed by atoms with van der Waals surface area (Å²) in [5, 5.41) is 7.44. The lowest BCUT2D eigenvalue weighted by Gasteiger charge is -1.95. The molecule has 0 saturated heterocycles. The van der Waals surface area contributed by atoms with E-state index in [-0.39, 0.29) is 4.90 Å². The fraction of sp³-hybridized carbons (Fsp3) is 0.0833. The van der Waals surface area contributed by atoms with Crippen molar-refractivity contribution in [2.75, 3.05) is 0 Å². The first-order valence-corrected chi connectivity index (χ1v) is 6.80. The maximum absolute atomic E-state index is 10.5. The lowest BCUT2D eigenvalue weighted by Crippen LogP contribution is -1.96. The summed E-state index contributed by atoms with van der Waals surface area (Å²) >= 11 is 0. The molecule has 6 nitrogen and oxygen atoms in total. The average molecular weight is 277 g/mol. The molecule has 19 heavy (non-hydrogen) atoms. The van der Waals surface area contributed by atoms with Crippen LogP contribution in [-0.2, 0) is 10.1 Å². The van der Waals surface area contributed by atoms with Crippen LogP contribution in [0.3, 0.4) is 0 Å². The summed E-state index contributed by atoms with van der Waals surface area (Å²) in [7, 11) is -4.02. The predicted molar refractivity (Wildman–Crippen MR) is 70.5 cm³/mol. The molecule has 0 saturated carbocycles. The first kappa shape index (κ1) is 13.3. The van der Waals surface area contributed by atoms with Gasteiger partial charge < -0.3 is 0 Å². The molecule has 1 aromatic carbocycles. The Bertz CT molecular complexity index is 672. The molecule has 0 aliphatic carbocycles. The van der Waals surface area contributed by atoms with Crippen molar-refractivity contribution in [2.45, 2.75) is 11.8 Å². The largest absolute Gasteiger partial charge is 0.294 e. The number of hydrogen-bond donors (Lipinski definition) is 1. The van der Waals surface area contributed by atoms with Gasteiger partial charge in [0.15, 0.2) is 0 Å². The van der Waals surface area contributed by atoms with E-state index in [1.807, 2.05) is 6.92 Å². The summed E-state index contributed by atoms with van der Waals surface area (Å²) in [6.07, 6.45) is 5.14. The van der Waals surface area contributed by atoms with Gasteiger partial charge in [0, 0.05) is 11.8 Å². The summed E-state index contributed by atoms with van der Waals surface area (Å²) in [6.45, 7) is 1.84. The molecular formula is C12H11N3O3S. The van der Waals surface area contributed by atoms with E-state index >= 15 is 0 Å². The van der Waals surface area contributed by atoms with Gasteiger partial charge >= 0.3 is 0 Å². The summed E-state index contributed by atoms with van der Waals surface area (Å²) in [5.41, 5.74) is 2.85. The van der Waals surface area contributed by atoms with Crippen LogP contribution < -0.4 is 0 Å². The van der Waals surface area contributed by atoms with Crippen molar-refractivity contribution in [3.63, 3.8) is 0 Å². The molecule has 0 spiro atoms. The van der Waals surface area contributed by atoms with Crippen molar-refractivity contribution < 1.29 is 13.0 Å². The number of fused-ring (bicyclic) bond motifs is 1. The quantitative estimate of drug-likeness (QED) is 0.799. The molecule has 0 bridgehead atoms. The van der Waals surface area contributed by atoms with Crippen LogP contribution in [0.25, 0.3) is 0 Å². The predicted octanol–water partition coefficient (Wildman–Crippen LogP) is 2.50. The number of allylic oxidation sites excluding steroid dienone is 1. The molecule has 0 radical (unpaired) electrons. The Kier molecular flexibility index (Phi) is 3.68. The Morgan fingerprint density at radius 1 is 1.11 bits per heavy atom. The number of azo groups is 1. The normalized spacial score (nSPS) is 15.5. The molecule has 0 aromatic heterocycles. The zero-order chi connectivity index (χ0) is 13.9. The van der Waals surface area contributed by atoms with Crippen molar-refractivity contribution in [1.29, 1.82) is 0 Å². The third-order valence-electron chi connectivity index (χ3n) is 2.39. The average Bonchev–Trinajstić information content (AvgIpc) is 2.91. The first-order valence-electron chi connectivity index (χ1n) is 5.36. The molecule has 0 unspecified atom stereocenters. The van der Waals surface area contributed by atoms with Gasteiger partial charge in [0.25, 0.3) is 10.1 Å². The van der Waals surface area contributed by atoms with Crippen LogP contribution in [0.1, 0.15) is 5.56 Å². The highest BCUT2D eigenvalue weighted by atomic mass is 32.2. The molecular weight excluding hydrogens is 266 g/mol. The monoisotopic (exact) mass is 277 g/mol. The van der Waals surface area contributed by atoms with E-state index < -0.39 is 10.1 Å². The summed E-state index contributed by atoms with van der Waals surface area (Å²) in [4.78, 5) is 3.79.